The summed E-state index contributed by atoms with van der Waals surface area (Å²) in [7, 11) is 0. The molecule has 1 aromatic rings. The van der Waals surface area contributed by atoms with Crippen molar-refractivity contribution in [2.75, 3.05) is 0 Å². The first-order valence-corrected chi connectivity index (χ1v) is 6.00. The molecule has 0 saturated carbocycles. The Morgan fingerprint density at radius 2 is 1.50 bits per heavy atom. The van der Waals surface area contributed by atoms with E-state index in [4.69, 9.17) is 0 Å². The fourth-order valence-corrected chi connectivity index (χ4v) is 1.71. The number of rotatable bonds is 5. The second-order valence-electron chi connectivity index (χ2n) is 4.58. The van der Waals surface area contributed by atoms with E-state index in [-0.39, 0.29) is 0 Å². The van der Waals surface area contributed by atoms with Crippen LogP contribution in [-0.2, 0) is 6.42 Å². The normalized spacial score (nSPS) is 10.2. The summed E-state index contributed by atoms with van der Waals surface area (Å²) in [5.41, 5.74) is 6.14. The molecule has 0 aliphatic heterocycles. The van der Waals surface area contributed by atoms with Crippen molar-refractivity contribution in [3.63, 3.8) is 0 Å². The number of allylic oxidation sites excluding steroid dienone is 2. The van der Waals surface area contributed by atoms with E-state index in [2.05, 4.69) is 52.1 Å². The topological polar surface area (TPSA) is 0 Å². The Morgan fingerprint density at radius 1 is 1.00 bits per heavy atom. The molecule has 0 radical (unpaired) electrons. The molecule has 0 unspecified atom stereocenters. The summed E-state index contributed by atoms with van der Waals surface area (Å²) < 4.78 is 0. The fourth-order valence-electron chi connectivity index (χ4n) is 1.71. The molecule has 0 spiro atoms. The van der Waals surface area contributed by atoms with Gasteiger partial charge in [0.2, 0.25) is 0 Å². The van der Waals surface area contributed by atoms with Crippen LogP contribution in [0.2, 0.25) is 0 Å². The highest BCUT2D eigenvalue weighted by Gasteiger charge is 2.02. The largest absolute Gasteiger partial charge is 0.0955 e. The molecule has 0 fully saturated rings. The zero-order valence-electron chi connectivity index (χ0n) is 10.8. The minimum atomic E-state index is 1.13. The molecule has 1 rings (SSSR count). The van der Waals surface area contributed by atoms with Crippen LogP contribution in [0.25, 0.3) is 11.1 Å². The Kier molecular flexibility index (Phi) is 4.54. The number of unbranched alkanes of at least 4 members (excludes halogenated alkanes) is 1. The summed E-state index contributed by atoms with van der Waals surface area (Å²) in [6, 6.07) is 6.69. The molecular weight excluding hydrogens is 192 g/mol. The molecule has 0 aliphatic carbocycles. The van der Waals surface area contributed by atoms with Gasteiger partial charge < -0.3 is 0 Å². The lowest BCUT2D eigenvalue weighted by Gasteiger charge is -2.09. The first-order chi connectivity index (χ1) is 7.54. The van der Waals surface area contributed by atoms with Crippen LogP contribution in [0.15, 0.2) is 31.4 Å². The van der Waals surface area contributed by atoms with E-state index in [1.54, 1.807) is 0 Å². The van der Waals surface area contributed by atoms with E-state index >= 15 is 0 Å². The molecule has 0 atom stereocenters. The van der Waals surface area contributed by atoms with Crippen molar-refractivity contribution in [3.05, 3.63) is 48.0 Å². The number of benzene rings is 1. The summed E-state index contributed by atoms with van der Waals surface area (Å²) in [6.45, 7) is 14.4. The monoisotopic (exact) mass is 214 g/mol. The average molecular weight is 214 g/mol. The van der Waals surface area contributed by atoms with E-state index in [0.717, 1.165) is 17.6 Å². The Balaban J connectivity index is 3.08. The van der Waals surface area contributed by atoms with Crippen LogP contribution in [0.1, 0.15) is 50.3 Å². The number of hydrogen-bond donors (Lipinski definition) is 0. The van der Waals surface area contributed by atoms with Crippen molar-refractivity contribution in [3.8, 4) is 0 Å². The van der Waals surface area contributed by atoms with Gasteiger partial charge in [0.05, 0.1) is 0 Å². The van der Waals surface area contributed by atoms with Crippen LogP contribution in [0.5, 0.6) is 0 Å². The molecule has 0 aromatic heterocycles. The van der Waals surface area contributed by atoms with E-state index in [1.807, 2.05) is 0 Å². The molecule has 0 saturated heterocycles. The molecule has 0 amide bonds. The van der Waals surface area contributed by atoms with Gasteiger partial charge in [0.1, 0.15) is 0 Å². The van der Waals surface area contributed by atoms with Gasteiger partial charge >= 0.3 is 0 Å². The Hall–Kier alpha value is -1.30. The minimum absolute atomic E-state index is 1.13. The van der Waals surface area contributed by atoms with E-state index < -0.39 is 0 Å². The molecule has 0 bridgehead atoms. The van der Waals surface area contributed by atoms with E-state index in [9.17, 15) is 0 Å². The Morgan fingerprint density at radius 3 is 1.88 bits per heavy atom. The molecule has 1 aromatic carbocycles. The summed E-state index contributed by atoms with van der Waals surface area (Å²) in [5, 5.41) is 0. The van der Waals surface area contributed by atoms with Crippen LogP contribution in [0, 0.1) is 0 Å². The molecule has 0 heterocycles. The third kappa shape index (κ3) is 3.37. The average Bonchev–Trinajstić information content (AvgIpc) is 2.25. The number of hydrogen-bond acceptors (Lipinski definition) is 0. The first kappa shape index (κ1) is 12.8. The smallest absolute Gasteiger partial charge is 0.0224 e. The van der Waals surface area contributed by atoms with Crippen LogP contribution in [0.3, 0.4) is 0 Å². The van der Waals surface area contributed by atoms with E-state index in [0.29, 0.717) is 0 Å². The summed E-state index contributed by atoms with van der Waals surface area (Å²) >= 11 is 0. The van der Waals surface area contributed by atoms with Gasteiger partial charge in [-0.2, -0.15) is 0 Å². The van der Waals surface area contributed by atoms with Gasteiger partial charge in [-0.1, -0.05) is 49.8 Å². The number of aryl methyl sites for hydroxylation is 1. The van der Waals surface area contributed by atoms with Crippen molar-refractivity contribution in [1.82, 2.24) is 0 Å². The van der Waals surface area contributed by atoms with Crippen molar-refractivity contribution in [2.24, 2.45) is 0 Å². The van der Waals surface area contributed by atoms with Crippen LogP contribution in [-0.4, -0.2) is 0 Å². The van der Waals surface area contributed by atoms with Gasteiger partial charge in [-0.05, 0) is 49.4 Å². The molecule has 0 N–H and O–H groups in total. The molecule has 0 aliphatic rings. The first-order valence-electron chi connectivity index (χ1n) is 6.00. The van der Waals surface area contributed by atoms with Gasteiger partial charge in [-0.3, -0.25) is 0 Å². The highest BCUT2D eigenvalue weighted by Crippen LogP contribution is 2.22. The van der Waals surface area contributed by atoms with Crippen LogP contribution >= 0.6 is 0 Å². The lowest BCUT2D eigenvalue weighted by Crippen LogP contribution is -1.91. The fraction of sp³-hybridized carbons (Fsp3) is 0.375. The zero-order chi connectivity index (χ0) is 12.1. The van der Waals surface area contributed by atoms with Crippen LogP contribution in [0.4, 0.5) is 0 Å². The van der Waals surface area contributed by atoms with Crippen LogP contribution < -0.4 is 0 Å². The third-order valence-corrected chi connectivity index (χ3v) is 2.80. The lowest BCUT2D eigenvalue weighted by molar-refractivity contribution is 0.794. The van der Waals surface area contributed by atoms with Crippen molar-refractivity contribution in [2.45, 2.75) is 40.0 Å². The van der Waals surface area contributed by atoms with Gasteiger partial charge in [0, 0.05) is 0 Å². The summed E-state index contributed by atoms with van der Waals surface area (Å²) in [4.78, 5) is 0. The maximum Gasteiger partial charge on any atom is -0.0224 e. The summed E-state index contributed by atoms with van der Waals surface area (Å²) in [6.07, 6.45) is 3.63. The lowest BCUT2D eigenvalue weighted by atomic mass is 9.96. The molecule has 86 valence electrons. The van der Waals surface area contributed by atoms with Crippen molar-refractivity contribution in [1.29, 1.82) is 0 Å². The van der Waals surface area contributed by atoms with Gasteiger partial charge in [0.15, 0.2) is 0 Å². The Labute approximate surface area is 99.7 Å². The summed E-state index contributed by atoms with van der Waals surface area (Å²) in [5.74, 6) is 0. The SMILES string of the molecule is C=C(C)c1cc(CCCC)cc(C(=C)C)c1. The minimum Gasteiger partial charge on any atom is -0.0955 e. The molecule has 16 heavy (non-hydrogen) atoms. The van der Waals surface area contributed by atoms with Gasteiger partial charge in [-0.25, -0.2) is 0 Å². The molecule has 0 nitrogen and oxygen atoms in total. The highest BCUT2D eigenvalue weighted by atomic mass is 14.1. The maximum atomic E-state index is 4.02. The van der Waals surface area contributed by atoms with Crippen molar-refractivity contribution < 1.29 is 0 Å². The second kappa shape index (κ2) is 5.69. The standard InChI is InChI=1S/C16H22/c1-6-7-8-14-9-15(12(2)3)11-16(10-14)13(4)5/h9-11H,2,4,6-8H2,1,3,5H3. The molecular formula is C16H22. The predicted molar refractivity (Wildman–Crippen MR) is 74.5 cm³/mol. The predicted octanol–water partition coefficient (Wildman–Crippen LogP) is 5.10. The Bertz CT molecular complexity index is 364. The van der Waals surface area contributed by atoms with Gasteiger partial charge in [-0.15, -0.1) is 0 Å². The quantitative estimate of drug-likeness (QED) is 0.640. The van der Waals surface area contributed by atoms with E-state index in [1.165, 1.54) is 29.5 Å². The second-order valence-corrected chi connectivity index (χ2v) is 4.58. The van der Waals surface area contributed by atoms with Gasteiger partial charge in [0.25, 0.3) is 0 Å². The third-order valence-electron chi connectivity index (χ3n) is 2.80. The highest BCUT2D eigenvalue weighted by molar-refractivity contribution is 5.69. The zero-order valence-corrected chi connectivity index (χ0v) is 10.8. The molecule has 0 heteroatoms. The maximum absolute atomic E-state index is 4.02. The van der Waals surface area contributed by atoms with Crippen molar-refractivity contribution >= 4 is 11.1 Å².